The SMILES string of the molecule is Cc1nn(-c2ccccc2)nc1C(=O)Nc1ccc2c(c1)NC(=O)C(C)O2. The van der Waals surface area contributed by atoms with E-state index < -0.39 is 6.10 Å². The zero-order valence-corrected chi connectivity index (χ0v) is 14.8. The summed E-state index contributed by atoms with van der Waals surface area (Å²) >= 11 is 0. The molecule has 3 aromatic rings. The number of aromatic nitrogens is 3. The second kappa shape index (κ2) is 6.56. The molecule has 0 saturated heterocycles. The summed E-state index contributed by atoms with van der Waals surface area (Å²) in [5, 5.41) is 14.1. The van der Waals surface area contributed by atoms with E-state index in [2.05, 4.69) is 20.8 Å². The lowest BCUT2D eigenvalue weighted by atomic mass is 10.2. The molecule has 4 rings (SSSR count). The van der Waals surface area contributed by atoms with Gasteiger partial charge in [-0.25, -0.2) is 0 Å². The maximum atomic E-state index is 12.6. The number of anilines is 2. The first-order valence-corrected chi connectivity index (χ1v) is 8.43. The Kier molecular flexibility index (Phi) is 4.08. The number of ether oxygens (including phenoxy) is 1. The highest BCUT2D eigenvalue weighted by Crippen LogP contribution is 2.32. The molecule has 0 radical (unpaired) electrons. The van der Waals surface area contributed by atoms with E-state index >= 15 is 0 Å². The first kappa shape index (κ1) is 16.8. The average molecular weight is 363 g/mol. The Morgan fingerprint density at radius 2 is 1.96 bits per heavy atom. The monoisotopic (exact) mass is 363 g/mol. The van der Waals surface area contributed by atoms with Crippen molar-refractivity contribution in [3.05, 3.63) is 59.9 Å². The molecule has 1 atom stereocenters. The lowest BCUT2D eigenvalue weighted by Crippen LogP contribution is -2.34. The van der Waals surface area contributed by atoms with Crippen molar-refractivity contribution >= 4 is 23.2 Å². The minimum Gasteiger partial charge on any atom is -0.479 e. The molecule has 27 heavy (non-hydrogen) atoms. The third-order valence-electron chi connectivity index (χ3n) is 4.15. The highest BCUT2D eigenvalue weighted by molar-refractivity contribution is 6.04. The van der Waals surface area contributed by atoms with Crippen molar-refractivity contribution < 1.29 is 14.3 Å². The largest absolute Gasteiger partial charge is 0.479 e. The van der Waals surface area contributed by atoms with E-state index in [1.54, 1.807) is 32.0 Å². The van der Waals surface area contributed by atoms with E-state index in [9.17, 15) is 9.59 Å². The van der Waals surface area contributed by atoms with Crippen molar-refractivity contribution in [3.8, 4) is 11.4 Å². The maximum Gasteiger partial charge on any atom is 0.278 e. The smallest absolute Gasteiger partial charge is 0.278 e. The number of nitrogens with zero attached hydrogens (tertiary/aromatic N) is 3. The van der Waals surface area contributed by atoms with Crippen molar-refractivity contribution in [1.29, 1.82) is 0 Å². The molecule has 1 unspecified atom stereocenters. The minimum absolute atomic E-state index is 0.227. The van der Waals surface area contributed by atoms with Gasteiger partial charge in [0.25, 0.3) is 11.8 Å². The number of amides is 2. The predicted molar refractivity (Wildman–Crippen MR) is 99.2 cm³/mol. The van der Waals surface area contributed by atoms with Gasteiger partial charge < -0.3 is 15.4 Å². The molecule has 8 nitrogen and oxygen atoms in total. The van der Waals surface area contributed by atoms with Crippen LogP contribution in [0, 0.1) is 6.92 Å². The van der Waals surface area contributed by atoms with Crippen LogP contribution >= 0.6 is 0 Å². The molecule has 0 fully saturated rings. The van der Waals surface area contributed by atoms with Gasteiger partial charge in [-0.05, 0) is 44.2 Å². The summed E-state index contributed by atoms with van der Waals surface area (Å²) in [6.45, 7) is 3.40. The van der Waals surface area contributed by atoms with Crippen LogP contribution in [-0.4, -0.2) is 32.9 Å². The first-order chi connectivity index (χ1) is 13.0. The Morgan fingerprint density at radius 3 is 2.74 bits per heavy atom. The number of carbonyl (C=O) groups excluding carboxylic acids is 2. The van der Waals surface area contributed by atoms with E-state index in [0.29, 0.717) is 22.8 Å². The van der Waals surface area contributed by atoms with Gasteiger partial charge in [0.05, 0.1) is 17.1 Å². The Balaban J connectivity index is 1.56. The molecule has 2 amide bonds. The number of hydrogen-bond donors (Lipinski definition) is 2. The number of fused-ring (bicyclic) bond motifs is 1. The zero-order chi connectivity index (χ0) is 19.0. The number of hydrogen-bond acceptors (Lipinski definition) is 5. The van der Waals surface area contributed by atoms with Crippen LogP contribution in [0.1, 0.15) is 23.1 Å². The molecular weight excluding hydrogens is 346 g/mol. The predicted octanol–water partition coefficient (Wildman–Crippen LogP) is 2.55. The van der Waals surface area contributed by atoms with Crippen LogP contribution in [0.25, 0.3) is 5.69 Å². The van der Waals surface area contributed by atoms with Gasteiger partial charge in [-0.3, -0.25) is 9.59 Å². The first-order valence-electron chi connectivity index (χ1n) is 8.43. The molecule has 2 aromatic carbocycles. The molecule has 0 saturated carbocycles. The summed E-state index contributed by atoms with van der Waals surface area (Å²) in [7, 11) is 0. The van der Waals surface area contributed by atoms with E-state index in [0.717, 1.165) is 5.69 Å². The van der Waals surface area contributed by atoms with Gasteiger partial charge in [0.15, 0.2) is 11.8 Å². The summed E-state index contributed by atoms with van der Waals surface area (Å²) in [5.74, 6) is -0.0509. The van der Waals surface area contributed by atoms with Crippen LogP contribution in [0.4, 0.5) is 11.4 Å². The van der Waals surface area contributed by atoms with E-state index in [-0.39, 0.29) is 17.5 Å². The number of aryl methyl sites for hydroxylation is 1. The van der Waals surface area contributed by atoms with Crippen LogP contribution in [-0.2, 0) is 4.79 Å². The summed E-state index contributed by atoms with van der Waals surface area (Å²) in [4.78, 5) is 25.8. The molecule has 1 aliphatic rings. The summed E-state index contributed by atoms with van der Waals surface area (Å²) in [5.41, 5.74) is 2.54. The number of benzene rings is 2. The normalized spacial score (nSPS) is 15.5. The quantitative estimate of drug-likeness (QED) is 0.745. The molecule has 1 aliphatic heterocycles. The molecular formula is C19H17N5O3. The van der Waals surface area contributed by atoms with Gasteiger partial charge in [0, 0.05) is 5.69 Å². The summed E-state index contributed by atoms with van der Waals surface area (Å²) in [6.07, 6.45) is -0.548. The van der Waals surface area contributed by atoms with E-state index in [1.807, 2.05) is 30.3 Å². The third kappa shape index (κ3) is 3.24. The topological polar surface area (TPSA) is 98.1 Å². The van der Waals surface area contributed by atoms with Gasteiger partial charge in [0.1, 0.15) is 5.75 Å². The van der Waals surface area contributed by atoms with Gasteiger partial charge in [-0.2, -0.15) is 9.90 Å². The van der Waals surface area contributed by atoms with Gasteiger partial charge in [0.2, 0.25) is 0 Å². The second-order valence-corrected chi connectivity index (χ2v) is 6.17. The summed E-state index contributed by atoms with van der Waals surface area (Å²) in [6, 6.07) is 14.4. The fourth-order valence-electron chi connectivity index (χ4n) is 2.74. The Bertz CT molecular complexity index is 1030. The molecule has 2 N–H and O–H groups in total. The lowest BCUT2D eigenvalue weighted by molar-refractivity contribution is -0.122. The number of para-hydroxylation sites is 1. The van der Waals surface area contributed by atoms with Crippen LogP contribution < -0.4 is 15.4 Å². The molecule has 136 valence electrons. The third-order valence-corrected chi connectivity index (χ3v) is 4.15. The van der Waals surface area contributed by atoms with Crippen LogP contribution in [0.15, 0.2) is 48.5 Å². The number of nitrogens with one attached hydrogen (secondary N) is 2. The molecule has 0 spiro atoms. The van der Waals surface area contributed by atoms with E-state index in [1.165, 1.54) is 4.80 Å². The lowest BCUT2D eigenvalue weighted by Gasteiger charge is -2.23. The van der Waals surface area contributed by atoms with Crippen molar-refractivity contribution in [2.75, 3.05) is 10.6 Å². The van der Waals surface area contributed by atoms with Crippen molar-refractivity contribution in [3.63, 3.8) is 0 Å². The van der Waals surface area contributed by atoms with Crippen LogP contribution in [0.2, 0.25) is 0 Å². The zero-order valence-electron chi connectivity index (χ0n) is 14.8. The number of rotatable bonds is 3. The Hall–Kier alpha value is -3.68. The molecule has 8 heteroatoms. The van der Waals surface area contributed by atoms with Crippen molar-refractivity contribution in [2.45, 2.75) is 20.0 Å². The Morgan fingerprint density at radius 1 is 1.19 bits per heavy atom. The fraction of sp³-hybridized carbons (Fsp3) is 0.158. The molecule has 1 aromatic heterocycles. The van der Waals surface area contributed by atoms with Gasteiger partial charge >= 0.3 is 0 Å². The molecule has 2 heterocycles. The maximum absolute atomic E-state index is 12.6. The van der Waals surface area contributed by atoms with Crippen molar-refractivity contribution in [1.82, 2.24) is 15.0 Å². The van der Waals surface area contributed by atoms with E-state index in [4.69, 9.17) is 4.74 Å². The van der Waals surface area contributed by atoms with Gasteiger partial charge in [-0.1, -0.05) is 18.2 Å². The highest BCUT2D eigenvalue weighted by atomic mass is 16.5. The fourth-order valence-corrected chi connectivity index (χ4v) is 2.74. The Labute approximate surface area is 155 Å². The summed E-state index contributed by atoms with van der Waals surface area (Å²) < 4.78 is 5.51. The second-order valence-electron chi connectivity index (χ2n) is 6.17. The number of carbonyl (C=O) groups is 2. The molecule has 0 bridgehead atoms. The van der Waals surface area contributed by atoms with Gasteiger partial charge in [-0.15, -0.1) is 5.10 Å². The van der Waals surface area contributed by atoms with Crippen molar-refractivity contribution in [2.24, 2.45) is 0 Å². The van der Waals surface area contributed by atoms with Crippen LogP contribution in [0.3, 0.4) is 0 Å². The molecule has 0 aliphatic carbocycles. The average Bonchev–Trinajstić information content (AvgIpc) is 3.05. The minimum atomic E-state index is -0.548. The highest BCUT2D eigenvalue weighted by Gasteiger charge is 2.24. The van der Waals surface area contributed by atoms with Crippen LogP contribution in [0.5, 0.6) is 5.75 Å². The standard InChI is InChI=1S/C19H17N5O3/c1-11-17(23-24(22-11)14-6-4-3-5-7-14)19(26)20-13-8-9-16-15(10-13)21-18(25)12(2)27-16/h3-10,12H,1-2H3,(H,20,26)(H,21,25).